The van der Waals surface area contributed by atoms with Crippen LogP contribution in [0.3, 0.4) is 0 Å². The second-order valence-corrected chi connectivity index (χ2v) is 8.94. The van der Waals surface area contributed by atoms with Gasteiger partial charge in [-0.15, -0.1) is 0 Å². The fraction of sp³-hybridized carbons (Fsp3) is 0.407. The molecular formula is C27H33FN6O3. The van der Waals surface area contributed by atoms with E-state index in [9.17, 15) is 14.0 Å². The van der Waals surface area contributed by atoms with E-state index in [0.29, 0.717) is 61.7 Å². The number of aromatic nitrogens is 2. The minimum absolute atomic E-state index is 0.137. The lowest BCUT2D eigenvalue weighted by Gasteiger charge is -2.21. The highest BCUT2D eigenvalue weighted by Gasteiger charge is 2.32. The third-order valence-electron chi connectivity index (χ3n) is 6.70. The Morgan fingerprint density at radius 2 is 2.05 bits per heavy atom. The summed E-state index contributed by atoms with van der Waals surface area (Å²) >= 11 is 0. The second-order valence-electron chi connectivity index (χ2n) is 8.94. The van der Waals surface area contributed by atoms with E-state index in [1.54, 1.807) is 24.1 Å². The first-order valence-electron chi connectivity index (χ1n) is 12.5. The maximum atomic E-state index is 13.6. The van der Waals surface area contributed by atoms with Crippen LogP contribution < -0.4 is 15.4 Å². The summed E-state index contributed by atoms with van der Waals surface area (Å²) < 4.78 is 20.1. The SMILES string of the molecule is CCN1Cc2cccc(C(=O)N[C@@H](CCCNC(=N)CF)c3nc4cc(OC)ccc4n3CC)c2C1=O. The molecule has 0 spiro atoms. The first-order valence-corrected chi connectivity index (χ1v) is 12.5. The molecule has 0 fully saturated rings. The molecule has 10 heteroatoms. The number of fused-ring (bicyclic) bond motifs is 2. The van der Waals surface area contributed by atoms with Crippen LogP contribution >= 0.6 is 0 Å². The van der Waals surface area contributed by atoms with Gasteiger partial charge in [0.25, 0.3) is 11.8 Å². The Hall–Kier alpha value is -3.95. The molecule has 2 aromatic carbocycles. The van der Waals surface area contributed by atoms with E-state index in [0.717, 1.165) is 16.6 Å². The van der Waals surface area contributed by atoms with Crippen molar-refractivity contribution in [1.29, 1.82) is 5.41 Å². The Balaban J connectivity index is 1.66. The number of carbonyl (C=O) groups excluding carboxylic acids is 2. The minimum Gasteiger partial charge on any atom is -0.497 e. The summed E-state index contributed by atoms with van der Waals surface area (Å²) in [6.07, 6.45) is 1.07. The lowest BCUT2D eigenvalue weighted by molar-refractivity contribution is 0.0780. The summed E-state index contributed by atoms with van der Waals surface area (Å²) in [5.41, 5.74) is 3.32. The quantitative estimate of drug-likeness (QED) is 0.207. The number of ether oxygens (including phenoxy) is 1. The zero-order valence-corrected chi connectivity index (χ0v) is 21.4. The number of amidine groups is 1. The van der Waals surface area contributed by atoms with Crippen molar-refractivity contribution in [3.63, 3.8) is 0 Å². The van der Waals surface area contributed by atoms with Crippen molar-refractivity contribution in [2.75, 3.05) is 26.9 Å². The Morgan fingerprint density at radius 1 is 1.24 bits per heavy atom. The molecule has 1 aromatic heterocycles. The van der Waals surface area contributed by atoms with Crippen molar-refractivity contribution >= 4 is 28.7 Å². The van der Waals surface area contributed by atoms with Gasteiger partial charge in [-0.1, -0.05) is 12.1 Å². The van der Waals surface area contributed by atoms with Crippen molar-refractivity contribution in [3.05, 3.63) is 58.9 Å². The van der Waals surface area contributed by atoms with Crippen LogP contribution in [-0.2, 0) is 13.1 Å². The monoisotopic (exact) mass is 508 g/mol. The fourth-order valence-corrected chi connectivity index (χ4v) is 4.81. The Kier molecular flexibility index (Phi) is 8.05. The number of methoxy groups -OCH3 is 1. The lowest BCUT2D eigenvalue weighted by Crippen LogP contribution is -2.33. The Morgan fingerprint density at radius 3 is 2.76 bits per heavy atom. The number of nitrogens with zero attached hydrogens (tertiary/aromatic N) is 3. The van der Waals surface area contributed by atoms with Gasteiger partial charge in [0, 0.05) is 32.2 Å². The molecule has 3 N–H and O–H groups in total. The van der Waals surface area contributed by atoms with Gasteiger partial charge in [0.05, 0.1) is 35.3 Å². The predicted molar refractivity (Wildman–Crippen MR) is 140 cm³/mol. The summed E-state index contributed by atoms with van der Waals surface area (Å²) in [5.74, 6) is 0.723. The number of hydrogen-bond donors (Lipinski definition) is 3. The van der Waals surface area contributed by atoms with E-state index < -0.39 is 12.7 Å². The van der Waals surface area contributed by atoms with E-state index in [-0.39, 0.29) is 17.6 Å². The van der Waals surface area contributed by atoms with Gasteiger partial charge in [-0.25, -0.2) is 9.37 Å². The van der Waals surface area contributed by atoms with Gasteiger partial charge in [-0.2, -0.15) is 0 Å². The predicted octanol–water partition coefficient (Wildman–Crippen LogP) is 3.83. The Bertz CT molecular complexity index is 1320. The number of rotatable bonds is 11. The van der Waals surface area contributed by atoms with Gasteiger partial charge in [0.1, 0.15) is 24.1 Å². The molecule has 4 rings (SSSR count). The van der Waals surface area contributed by atoms with Gasteiger partial charge in [-0.05, 0) is 50.5 Å². The number of imidazole rings is 1. The van der Waals surface area contributed by atoms with Gasteiger partial charge >= 0.3 is 0 Å². The van der Waals surface area contributed by atoms with E-state index in [1.165, 1.54) is 0 Å². The molecule has 1 aliphatic rings. The van der Waals surface area contributed by atoms with Gasteiger partial charge < -0.3 is 24.8 Å². The summed E-state index contributed by atoms with van der Waals surface area (Å²) in [7, 11) is 1.60. The molecule has 2 heterocycles. The van der Waals surface area contributed by atoms with Crippen LogP contribution in [0.5, 0.6) is 5.75 Å². The molecule has 2 amide bonds. The fourth-order valence-electron chi connectivity index (χ4n) is 4.81. The molecular weight excluding hydrogens is 475 g/mol. The summed E-state index contributed by atoms with van der Waals surface area (Å²) in [6.45, 7) is 5.17. The van der Waals surface area contributed by atoms with Crippen LogP contribution in [0, 0.1) is 5.41 Å². The topological polar surface area (TPSA) is 112 Å². The van der Waals surface area contributed by atoms with Crippen LogP contribution in [-0.4, -0.2) is 59.0 Å². The van der Waals surface area contributed by atoms with E-state index in [4.69, 9.17) is 15.1 Å². The van der Waals surface area contributed by atoms with Crippen LogP contribution in [0.2, 0.25) is 0 Å². The van der Waals surface area contributed by atoms with Crippen LogP contribution in [0.15, 0.2) is 36.4 Å². The van der Waals surface area contributed by atoms with E-state index in [2.05, 4.69) is 15.2 Å². The molecule has 0 unspecified atom stereocenters. The summed E-state index contributed by atoms with van der Waals surface area (Å²) in [5, 5.41) is 13.4. The number of carbonyl (C=O) groups is 2. The van der Waals surface area contributed by atoms with Crippen molar-refractivity contribution in [1.82, 2.24) is 25.1 Å². The van der Waals surface area contributed by atoms with Crippen LogP contribution in [0.1, 0.15) is 64.8 Å². The number of halogens is 1. The van der Waals surface area contributed by atoms with Gasteiger partial charge in [-0.3, -0.25) is 15.0 Å². The first-order chi connectivity index (χ1) is 17.9. The summed E-state index contributed by atoms with van der Waals surface area (Å²) in [4.78, 5) is 33.1. The van der Waals surface area contributed by atoms with E-state index >= 15 is 0 Å². The van der Waals surface area contributed by atoms with Crippen LogP contribution in [0.25, 0.3) is 11.0 Å². The molecule has 37 heavy (non-hydrogen) atoms. The molecule has 1 atom stereocenters. The third kappa shape index (κ3) is 5.28. The molecule has 0 aliphatic carbocycles. The highest BCUT2D eigenvalue weighted by molar-refractivity contribution is 6.09. The number of hydrogen-bond acceptors (Lipinski definition) is 5. The third-order valence-corrected chi connectivity index (χ3v) is 6.70. The molecule has 3 aromatic rings. The van der Waals surface area contributed by atoms with Gasteiger partial charge in [0.15, 0.2) is 0 Å². The number of amides is 2. The zero-order valence-electron chi connectivity index (χ0n) is 21.4. The molecule has 196 valence electrons. The van der Waals surface area contributed by atoms with Crippen molar-refractivity contribution in [2.24, 2.45) is 0 Å². The Labute approximate surface area is 215 Å². The van der Waals surface area contributed by atoms with Crippen molar-refractivity contribution in [2.45, 2.75) is 45.8 Å². The van der Waals surface area contributed by atoms with Gasteiger partial charge in [0.2, 0.25) is 0 Å². The number of alkyl halides is 1. The highest BCUT2D eigenvalue weighted by atomic mass is 19.1. The number of aryl methyl sites for hydroxylation is 1. The highest BCUT2D eigenvalue weighted by Crippen LogP contribution is 2.29. The molecule has 9 nitrogen and oxygen atoms in total. The van der Waals surface area contributed by atoms with Crippen molar-refractivity contribution in [3.8, 4) is 5.75 Å². The largest absolute Gasteiger partial charge is 0.497 e. The second kappa shape index (κ2) is 11.4. The molecule has 1 aliphatic heterocycles. The maximum absolute atomic E-state index is 13.6. The average Bonchev–Trinajstić information content (AvgIpc) is 3.46. The number of benzene rings is 2. The zero-order chi connectivity index (χ0) is 26.5. The minimum atomic E-state index is -0.852. The first kappa shape index (κ1) is 26.1. The van der Waals surface area contributed by atoms with Crippen LogP contribution in [0.4, 0.5) is 4.39 Å². The standard InChI is InChI=1S/C27H33FN6O3/c1-4-33-16-17-8-6-9-19(24(17)27(33)36)26(35)32-20(10-7-13-30-23(29)15-28)25-31-21-14-18(37-3)11-12-22(21)34(25)5-2/h6,8-9,11-12,14,20H,4-5,7,10,13,15-16H2,1-3H3,(H2,29,30)(H,32,35)/t20-/m0/s1. The molecule has 0 saturated heterocycles. The summed E-state index contributed by atoms with van der Waals surface area (Å²) in [6, 6.07) is 10.6. The molecule has 0 radical (unpaired) electrons. The molecule has 0 bridgehead atoms. The molecule has 0 saturated carbocycles. The van der Waals surface area contributed by atoms with E-state index in [1.807, 2.05) is 38.1 Å². The normalized spacial score (nSPS) is 13.5. The average molecular weight is 509 g/mol. The smallest absolute Gasteiger partial charge is 0.255 e. The maximum Gasteiger partial charge on any atom is 0.255 e. The number of nitrogens with one attached hydrogen (secondary N) is 3. The van der Waals surface area contributed by atoms with Crippen molar-refractivity contribution < 1.29 is 18.7 Å². The lowest BCUT2D eigenvalue weighted by atomic mass is 10.0.